The van der Waals surface area contributed by atoms with Crippen molar-refractivity contribution in [3.05, 3.63) is 76.9 Å². The van der Waals surface area contributed by atoms with Crippen molar-refractivity contribution < 1.29 is 14.2 Å². The molecule has 0 bridgehead atoms. The number of hydrogen-bond donors (Lipinski definition) is 1. The molecule has 188 valence electrons. The summed E-state index contributed by atoms with van der Waals surface area (Å²) in [4.78, 5) is 4.76. The Morgan fingerprint density at radius 3 is 2.49 bits per heavy atom. The lowest BCUT2D eigenvalue weighted by atomic mass is 9.84. The molecule has 1 aliphatic rings. The van der Waals surface area contributed by atoms with Crippen LogP contribution in [0.4, 0.5) is 4.39 Å². The third kappa shape index (κ3) is 6.03. The Morgan fingerprint density at radius 1 is 1.11 bits per heavy atom. The minimum Gasteiger partial charge on any atom is -0.504 e. The van der Waals surface area contributed by atoms with Gasteiger partial charge < -0.3 is 9.84 Å². The number of aryl methyl sites for hydroxylation is 2. The highest BCUT2D eigenvalue weighted by Crippen LogP contribution is 2.33. The topological polar surface area (TPSA) is 53.8 Å². The van der Waals surface area contributed by atoms with Crippen LogP contribution in [-0.2, 0) is 26.6 Å². The largest absolute Gasteiger partial charge is 0.504 e. The van der Waals surface area contributed by atoms with Crippen LogP contribution in [0.15, 0.2) is 48.7 Å². The van der Waals surface area contributed by atoms with Crippen LogP contribution in [-0.4, -0.2) is 58.0 Å². The van der Waals surface area contributed by atoms with Crippen LogP contribution in [0.5, 0.6) is 11.5 Å². The molecule has 0 aliphatic carbocycles. The predicted molar refractivity (Wildman–Crippen MR) is 136 cm³/mol. The first kappa shape index (κ1) is 25.2. The SMILES string of the molecule is COc1cccc(CN2CCC(C(Cc3ccccc3F)N(C)Cc3cn(C)nc3C)CC2)c1O. The van der Waals surface area contributed by atoms with Crippen LogP contribution in [0, 0.1) is 18.7 Å². The average Bonchev–Trinajstić information content (AvgIpc) is 3.16. The van der Waals surface area contributed by atoms with Gasteiger partial charge in [0.15, 0.2) is 11.5 Å². The van der Waals surface area contributed by atoms with Gasteiger partial charge in [-0.1, -0.05) is 30.3 Å². The highest BCUT2D eigenvalue weighted by atomic mass is 19.1. The van der Waals surface area contributed by atoms with Crippen molar-refractivity contribution in [2.24, 2.45) is 13.0 Å². The number of hydrogen-bond acceptors (Lipinski definition) is 5. The predicted octanol–water partition coefficient (Wildman–Crippen LogP) is 4.54. The minimum absolute atomic E-state index is 0.130. The molecule has 3 aromatic rings. The van der Waals surface area contributed by atoms with Crippen LogP contribution < -0.4 is 4.74 Å². The van der Waals surface area contributed by atoms with Crippen molar-refractivity contribution in [3.63, 3.8) is 0 Å². The summed E-state index contributed by atoms with van der Waals surface area (Å²) >= 11 is 0. The number of ether oxygens (including phenoxy) is 1. The molecule has 0 saturated carbocycles. The van der Waals surface area contributed by atoms with E-state index in [1.165, 1.54) is 5.56 Å². The van der Waals surface area contributed by atoms with E-state index in [1.807, 2.05) is 42.9 Å². The van der Waals surface area contributed by atoms with Crippen molar-refractivity contribution in [1.29, 1.82) is 0 Å². The molecule has 4 rings (SSSR count). The molecule has 6 nitrogen and oxygen atoms in total. The second-order valence-electron chi connectivity index (χ2n) is 9.77. The molecule has 1 aliphatic heterocycles. The van der Waals surface area contributed by atoms with Gasteiger partial charge in [-0.2, -0.15) is 5.10 Å². The number of phenolic OH excluding ortho intramolecular Hbond substituents is 1. The Bertz CT molecular complexity index is 1120. The maximum Gasteiger partial charge on any atom is 0.162 e. The van der Waals surface area contributed by atoms with Gasteiger partial charge >= 0.3 is 0 Å². The highest BCUT2D eigenvalue weighted by molar-refractivity contribution is 5.45. The molecular formula is C28H37FN4O2. The standard InChI is InChI=1S/C28H37FN4O2/c1-20-24(18-32(3)30-20)17-31(2)26(16-22-8-5-6-10-25(22)29)21-12-14-33(15-13-21)19-23-9-7-11-27(35-4)28(23)34/h5-11,18,21,26,34H,12-17,19H2,1-4H3. The zero-order valence-electron chi connectivity index (χ0n) is 21.2. The monoisotopic (exact) mass is 480 g/mol. The number of nitrogens with zero attached hydrogens (tertiary/aromatic N) is 4. The Balaban J connectivity index is 1.46. The van der Waals surface area contributed by atoms with E-state index in [2.05, 4.69) is 28.1 Å². The van der Waals surface area contributed by atoms with E-state index in [9.17, 15) is 9.50 Å². The molecule has 1 N–H and O–H groups in total. The number of halogens is 1. The fourth-order valence-electron chi connectivity index (χ4n) is 5.36. The molecule has 35 heavy (non-hydrogen) atoms. The molecule has 1 atom stereocenters. The van der Waals surface area contributed by atoms with Gasteiger partial charge in [0.05, 0.1) is 12.8 Å². The molecule has 2 heterocycles. The molecule has 1 fully saturated rings. The number of benzene rings is 2. The summed E-state index contributed by atoms with van der Waals surface area (Å²) in [6.07, 6.45) is 4.82. The number of aromatic hydroxyl groups is 1. The van der Waals surface area contributed by atoms with Gasteiger partial charge in [-0.25, -0.2) is 4.39 Å². The summed E-state index contributed by atoms with van der Waals surface area (Å²) in [6, 6.07) is 13.0. The van der Waals surface area contributed by atoms with Crippen molar-refractivity contribution in [2.75, 3.05) is 27.2 Å². The molecule has 0 radical (unpaired) electrons. The third-order valence-electron chi connectivity index (χ3n) is 7.36. The highest BCUT2D eigenvalue weighted by Gasteiger charge is 2.31. The molecule has 0 spiro atoms. The molecule has 2 aromatic carbocycles. The van der Waals surface area contributed by atoms with E-state index >= 15 is 0 Å². The summed E-state index contributed by atoms with van der Waals surface area (Å²) in [5.41, 5.74) is 3.90. The number of para-hydroxylation sites is 1. The van der Waals surface area contributed by atoms with E-state index in [1.54, 1.807) is 25.3 Å². The van der Waals surface area contributed by atoms with E-state index in [0.717, 1.165) is 49.3 Å². The summed E-state index contributed by atoms with van der Waals surface area (Å²) in [5, 5.41) is 15.0. The quantitative estimate of drug-likeness (QED) is 0.488. The Labute approximate surface area is 207 Å². The lowest BCUT2D eigenvalue weighted by molar-refractivity contribution is 0.0944. The average molecular weight is 481 g/mol. The zero-order chi connectivity index (χ0) is 24.9. The fourth-order valence-corrected chi connectivity index (χ4v) is 5.36. The molecule has 1 unspecified atom stereocenters. The number of phenols is 1. The summed E-state index contributed by atoms with van der Waals surface area (Å²) < 4.78 is 21.7. The van der Waals surface area contributed by atoms with Crippen molar-refractivity contribution in [1.82, 2.24) is 19.6 Å². The van der Waals surface area contributed by atoms with Crippen molar-refractivity contribution >= 4 is 0 Å². The van der Waals surface area contributed by atoms with Crippen molar-refractivity contribution in [2.45, 2.75) is 45.3 Å². The maximum atomic E-state index is 14.6. The van der Waals surface area contributed by atoms with Crippen LogP contribution in [0.2, 0.25) is 0 Å². The van der Waals surface area contributed by atoms with Gasteiger partial charge in [0.25, 0.3) is 0 Å². The first-order valence-corrected chi connectivity index (χ1v) is 12.4. The molecular weight excluding hydrogens is 443 g/mol. The van der Waals surface area contributed by atoms with Gasteiger partial charge in [0.1, 0.15) is 5.82 Å². The maximum absolute atomic E-state index is 14.6. The summed E-state index contributed by atoms with van der Waals surface area (Å²) in [5.74, 6) is 1.05. The van der Waals surface area contributed by atoms with Crippen LogP contribution >= 0.6 is 0 Å². The molecule has 0 amide bonds. The Morgan fingerprint density at radius 2 is 1.83 bits per heavy atom. The van der Waals surface area contributed by atoms with E-state index in [-0.39, 0.29) is 17.6 Å². The normalized spacial score (nSPS) is 16.1. The molecule has 1 saturated heterocycles. The number of piperidine rings is 1. The Kier molecular flexibility index (Phi) is 8.08. The van der Waals surface area contributed by atoms with Crippen LogP contribution in [0.3, 0.4) is 0 Å². The van der Waals surface area contributed by atoms with Gasteiger partial charge in [-0.3, -0.25) is 14.5 Å². The second-order valence-corrected chi connectivity index (χ2v) is 9.77. The van der Waals surface area contributed by atoms with E-state index < -0.39 is 0 Å². The summed E-state index contributed by atoms with van der Waals surface area (Å²) in [7, 11) is 5.67. The zero-order valence-corrected chi connectivity index (χ0v) is 21.2. The minimum atomic E-state index is -0.130. The second kappa shape index (κ2) is 11.2. The smallest absolute Gasteiger partial charge is 0.162 e. The van der Waals surface area contributed by atoms with E-state index in [0.29, 0.717) is 24.6 Å². The van der Waals surface area contributed by atoms with Crippen LogP contribution in [0.25, 0.3) is 0 Å². The van der Waals surface area contributed by atoms with Crippen LogP contribution in [0.1, 0.15) is 35.2 Å². The lowest BCUT2D eigenvalue weighted by Crippen LogP contribution is -2.45. The van der Waals surface area contributed by atoms with Gasteiger partial charge in [-0.05, 0) is 69.9 Å². The van der Waals surface area contributed by atoms with Crippen molar-refractivity contribution in [3.8, 4) is 11.5 Å². The van der Waals surface area contributed by atoms with Gasteiger partial charge in [0.2, 0.25) is 0 Å². The summed E-state index contributed by atoms with van der Waals surface area (Å²) in [6.45, 7) is 5.40. The van der Waals surface area contributed by atoms with Gasteiger partial charge in [0, 0.05) is 43.5 Å². The number of likely N-dealkylation sites (N-methyl/N-ethyl adjacent to an activating group) is 1. The Hall–Kier alpha value is -2.90. The first-order valence-electron chi connectivity index (χ1n) is 12.4. The van der Waals surface area contributed by atoms with Gasteiger partial charge in [-0.15, -0.1) is 0 Å². The third-order valence-corrected chi connectivity index (χ3v) is 7.36. The number of rotatable bonds is 9. The fraction of sp³-hybridized carbons (Fsp3) is 0.464. The number of aromatic nitrogens is 2. The molecule has 7 heteroatoms. The molecule has 1 aromatic heterocycles. The lowest BCUT2D eigenvalue weighted by Gasteiger charge is -2.40. The first-order chi connectivity index (χ1) is 16.9. The van der Waals surface area contributed by atoms with E-state index in [4.69, 9.17) is 4.74 Å². The number of likely N-dealkylation sites (tertiary alicyclic amines) is 1. The number of methoxy groups -OCH3 is 1.